The summed E-state index contributed by atoms with van der Waals surface area (Å²) in [4.78, 5) is 16.2. The Morgan fingerprint density at radius 1 is 1.15 bits per heavy atom. The Balaban J connectivity index is 1.35. The molecule has 0 spiro atoms. The molecule has 2 N–H and O–H groups in total. The number of ether oxygens (including phenoxy) is 1. The van der Waals surface area contributed by atoms with E-state index in [-0.39, 0.29) is 12.5 Å². The molecule has 0 aliphatic heterocycles. The topological polar surface area (TPSA) is 79.9 Å². The number of aromatic amines is 1. The Bertz CT molecular complexity index is 840. The molecule has 0 saturated carbocycles. The maximum absolute atomic E-state index is 11.8. The largest absolute Gasteiger partial charge is 0.484 e. The zero-order valence-electron chi connectivity index (χ0n) is 13.8. The number of nitrogens with zero attached hydrogens (tertiary/aromatic N) is 2. The molecule has 1 aromatic heterocycles. The number of H-pyrrole nitrogens is 1. The second kappa shape index (κ2) is 9.26. The van der Waals surface area contributed by atoms with E-state index in [1.807, 2.05) is 30.3 Å². The number of thioether (sulfide) groups is 1. The highest BCUT2D eigenvalue weighted by Crippen LogP contribution is 2.18. The van der Waals surface area contributed by atoms with Crippen molar-refractivity contribution in [1.29, 1.82) is 0 Å². The maximum atomic E-state index is 11.8. The van der Waals surface area contributed by atoms with Crippen LogP contribution in [0.2, 0.25) is 5.02 Å². The van der Waals surface area contributed by atoms with Crippen molar-refractivity contribution < 1.29 is 9.53 Å². The van der Waals surface area contributed by atoms with Gasteiger partial charge in [0.1, 0.15) is 5.75 Å². The molecule has 0 saturated heterocycles. The van der Waals surface area contributed by atoms with Crippen molar-refractivity contribution in [2.45, 2.75) is 5.16 Å². The summed E-state index contributed by atoms with van der Waals surface area (Å²) < 4.78 is 5.38. The van der Waals surface area contributed by atoms with E-state index in [2.05, 4.69) is 20.5 Å². The van der Waals surface area contributed by atoms with Gasteiger partial charge in [-0.1, -0.05) is 53.7 Å². The van der Waals surface area contributed by atoms with E-state index in [9.17, 15) is 4.79 Å². The number of benzene rings is 2. The normalized spacial score (nSPS) is 10.5. The highest BCUT2D eigenvalue weighted by atomic mass is 35.5. The molecule has 0 atom stereocenters. The van der Waals surface area contributed by atoms with E-state index in [0.717, 1.165) is 11.4 Å². The lowest BCUT2D eigenvalue weighted by molar-refractivity contribution is -0.122. The molecule has 0 aliphatic carbocycles. The van der Waals surface area contributed by atoms with Gasteiger partial charge in [-0.05, 0) is 24.3 Å². The van der Waals surface area contributed by atoms with Gasteiger partial charge in [0.15, 0.2) is 12.4 Å². The van der Waals surface area contributed by atoms with Crippen LogP contribution in [0.3, 0.4) is 0 Å². The van der Waals surface area contributed by atoms with Gasteiger partial charge in [-0.3, -0.25) is 9.89 Å². The number of amides is 1. The summed E-state index contributed by atoms with van der Waals surface area (Å²) in [6.45, 7) is 0.466. The van der Waals surface area contributed by atoms with Crippen LogP contribution in [0.4, 0.5) is 0 Å². The first-order valence-electron chi connectivity index (χ1n) is 7.96. The zero-order chi connectivity index (χ0) is 18.2. The predicted molar refractivity (Wildman–Crippen MR) is 102 cm³/mol. The molecule has 6 nitrogen and oxygen atoms in total. The van der Waals surface area contributed by atoms with Gasteiger partial charge in [-0.25, -0.2) is 4.98 Å². The highest BCUT2D eigenvalue weighted by molar-refractivity contribution is 7.99. The quantitative estimate of drug-likeness (QED) is 0.456. The van der Waals surface area contributed by atoms with Gasteiger partial charge in [0, 0.05) is 22.9 Å². The molecular weight excluding hydrogens is 372 g/mol. The molecule has 2 aromatic carbocycles. The molecule has 26 heavy (non-hydrogen) atoms. The fraction of sp³-hybridized carbons (Fsp3) is 0.167. The minimum Gasteiger partial charge on any atom is -0.484 e. The predicted octanol–water partition coefficient (Wildman–Crippen LogP) is 3.41. The number of hydrogen-bond acceptors (Lipinski definition) is 5. The van der Waals surface area contributed by atoms with Crippen molar-refractivity contribution in [2.24, 2.45) is 0 Å². The number of carbonyl (C=O) groups excluding carboxylic acids is 1. The smallest absolute Gasteiger partial charge is 0.257 e. The van der Waals surface area contributed by atoms with E-state index in [0.29, 0.717) is 28.2 Å². The average Bonchev–Trinajstić information content (AvgIpc) is 3.14. The number of halogens is 1. The molecule has 8 heteroatoms. The van der Waals surface area contributed by atoms with Crippen LogP contribution in [0, 0.1) is 0 Å². The molecule has 0 radical (unpaired) electrons. The van der Waals surface area contributed by atoms with E-state index in [4.69, 9.17) is 16.3 Å². The Kier molecular flexibility index (Phi) is 6.51. The van der Waals surface area contributed by atoms with Crippen LogP contribution in [0.5, 0.6) is 5.75 Å². The first kappa shape index (κ1) is 18.3. The van der Waals surface area contributed by atoms with E-state index >= 15 is 0 Å². The summed E-state index contributed by atoms with van der Waals surface area (Å²) in [5.74, 6) is 1.82. The lowest BCUT2D eigenvalue weighted by Crippen LogP contribution is -2.30. The van der Waals surface area contributed by atoms with Gasteiger partial charge in [0.25, 0.3) is 5.91 Å². The summed E-state index contributed by atoms with van der Waals surface area (Å²) in [6.07, 6.45) is 0. The lowest BCUT2D eigenvalue weighted by atomic mass is 10.2. The van der Waals surface area contributed by atoms with Gasteiger partial charge in [-0.15, -0.1) is 5.10 Å². The SMILES string of the molecule is O=C(COc1ccc(Cl)cc1)NCCSc1n[nH]c(-c2ccccc2)n1. The van der Waals surface area contributed by atoms with Crippen LogP contribution in [0.15, 0.2) is 59.8 Å². The van der Waals surface area contributed by atoms with Crippen LogP contribution in [-0.2, 0) is 4.79 Å². The van der Waals surface area contributed by atoms with Gasteiger partial charge in [-0.2, -0.15) is 0 Å². The maximum Gasteiger partial charge on any atom is 0.257 e. The molecule has 3 rings (SSSR count). The standard InChI is InChI=1S/C18H17ClN4O2S/c19-14-6-8-15(9-7-14)25-12-16(24)20-10-11-26-18-21-17(22-23-18)13-4-2-1-3-5-13/h1-9H,10-12H2,(H,20,24)(H,21,22,23). The fourth-order valence-corrected chi connectivity index (χ4v) is 2.88. The number of aromatic nitrogens is 3. The van der Waals surface area contributed by atoms with Crippen LogP contribution < -0.4 is 10.1 Å². The van der Waals surface area contributed by atoms with E-state index < -0.39 is 0 Å². The van der Waals surface area contributed by atoms with Crippen LogP contribution >= 0.6 is 23.4 Å². The van der Waals surface area contributed by atoms with Crippen LogP contribution in [0.1, 0.15) is 0 Å². The molecule has 0 bridgehead atoms. The van der Waals surface area contributed by atoms with Gasteiger partial charge in [0.2, 0.25) is 5.16 Å². The molecular formula is C18H17ClN4O2S. The van der Waals surface area contributed by atoms with Crippen molar-refractivity contribution in [3.05, 3.63) is 59.6 Å². The molecule has 134 valence electrons. The van der Waals surface area contributed by atoms with E-state index in [1.165, 1.54) is 11.8 Å². The number of rotatable bonds is 8. The summed E-state index contributed by atoms with van der Waals surface area (Å²) in [5.41, 5.74) is 0.986. The monoisotopic (exact) mass is 388 g/mol. The Morgan fingerprint density at radius 2 is 1.92 bits per heavy atom. The van der Waals surface area contributed by atoms with Crippen molar-refractivity contribution in [3.8, 4) is 17.1 Å². The second-order valence-electron chi connectivity index (χ2n) is 5.27. The van der Waals surface area contributed by atoms with Crippen molar-refractivity contribution in [1.82, 2.24) is 20.5 Å². The van der Waals surface area contributed by atoms with Crippen molar-refractivity contribution in [2.75, 3.05) is 18.9 Å². The van der Waals surface area contributed by atoms with Gasteiger partial charge in [0.05, 0.1) is 0 Å². The Hall–Kier alpha value is -2.51. The minimum atomic E-state index is -0.180. The summed E-state index contributed by atoms with van der Waals surface area (Å²) in [6, 6.07) is 16.7. The minimum absolute atomic E-state index is 0.0366. The number of hydrogen-bond donors (Lipinski definition) is 2. The summed E-state index contributed by atoms with van der Waals surface area (Å²) in [5, 5.41) is 11.2. The highest BCUT2D eigenvalue weighted by Gasteiger charge is 2.06. The lowest BCUT2D eigenvalue weighted by Gasteiger charge is -2.07. The molecule has 1 heterocycles. The third-order valence-electron chi connectivity index (χ3n) is 3.35. The van der Waals surface area contributed by atoms with Gasteiger partial charge < -0.3 is 10.1 Å². The first-order chi connectivity index (χ1) is 12.7. The number of nitrogens with one attached hydrogen (secondary N) is 2. The molecule has 0 fully saturated rings. The summed E-state index contributed by atoms with van der Waals surface area (Å²) >= 11 is 7.27. The van der Waals surface area contributed by atoms with E-state index in [1.54, 1.807) is 24.3 Å². The Morgan fingerprint density at radius 3 is 2.69 bits per heavy atom. The summed E-state index contributed by atoms with van der Waals surface area (Å²) in [7, 11) is 0. The number of carbonyl (C=O) groups is 1. The van der Waals surface area contributed by atoms with Crippen molar-refractivity contribution >= 4 is 29.3 Å². The van der Waals surface area contributed by atoms with Crippen LogP contribution in [0.25, 0.3) is 11.4 Å². The molecule has 0 aliphatic rings. The molecule has 0 unspecified atom stereocenters. The van der Waals surface area contributed by atoms with Gasteiger partial charge >= 0.3 is 0 Å². The fourth-order valence-electron chi connectivity index (χ4n) is 2.10. The van der Waals surface area contributed by atoms with Crippen LogP contribution in [-0.4, -0.2) is 40.0 Å². The third kappa shape index (κ3) is 5.50. The second-order valence-corrected chi connectivity index (χ2v) is 6.77. The zero-order valence-corrected chi connectivity index (χ0v) is 15.4. The molecule has 3 aromatic rings. The third-order valence-corrected chi connectivity index (χ3v) is 4.45. The average molecular weight is 389 g/mol. The first-order valence-corrected chi connectivity index (χ1v) is 9.33. The Labute approximate surface area is 160 Å². The molecule has 1 amide bonds. The van der Waals surface area contributed by atoms with Crippen molar-refractivity contribution in [3.63, 3.8) is 0 Å².